The highest BCUT2D eigenvalue weighted by atomic mass is 32.2. The first-order chi connectivity index (χ1) is 13.8. The van der Waals surface area contributed by atoms with E-state index in [1.165, 1.54) is 25.4 Å². The van der Waals surface area contributed by atoms with Crippen molar-refractivity contribution in [2.75, 3.05) is 26.1 Å². The topological polar surface area (TPSA) is 84.9 Å². The van der Waals surface area contributed by atoms with E-state index in [1.54, 1.807) is 18.2 Å². The Bertz CT molecular complexity index is 978. The van der Waals surface area contributed by atoms with Gasteiger partial charge in [0.1, 0.15) is 11.5 Å². The van der Waals surface area contributed by atoms with Crippen LogP contribution in [0.3, 0.4) is 0 Å². The minimum atomic E-state index is -3.86. The molecule has 2 aromatic carbocycles. The highest BCUT2D eigenvalue weighted by molar-refractivity contribution is 7.91. The molecular formula is C21H26N2O5S. The fraction of sp³-hybridized carbons (Fsp3) is 0.381. The second-order valence-electron chi connectivity index (χ2n) is 7.18. The molecule has 8 heteroatoms. The largest absolute Gasteiger partial charge is 0.497 e. The van der Waals surface area contributed by atoms with E-state index in [0.29, 0.717) is 30.2 Å². The van der Waals surface area contributed by atoms with Crippen molar-refractivity contribution >= 4 is 21.6 Å². The molecule has 1 atom stereocenters. The lowest BCUT2D eigenvalue weighted by molar-refractivity contribution is -0.118. The zero-order valence-electron chi connectivity index (χ0n) is 16.8. The molecule has 2 aromatic rings. The zero-order chi connectivity index (χ0) is 21.1. The van der Waals surface area contributed by atoms with Gasteiger partial charge in [-0.3, -0.25) is 4.79 Å². The predicted molar refractivity (Wildman–Crippen MR) is 112 cm³/mol. The lowest BCUT2D eigenvalue weighted by atomic mass is 10.0. The van der Waals surface area contributed by atoms with Gasteiger partial charge in [0.15, 0.2) is 4.75 Å². The van der Waals surface area contributed by atoms with Gasteiger partial charge < -0.3 is 14.8 Å². The van der Waals surface area contributed by atoms with E-state index in [2.05, 4.69) is 5.32 Å². The van der Waals surface area contributed by atoms with E-state index in [1.807, 2.05) is 30.3 Å². The van der Waals surface area contributed by atoms with Crippen molar-refractivity contribution in [1.29, 1.82) is 0 Å². The van der Waals surface area contributed by atoms with E-state index in [-0.39, 0.29) is 13.0 Å². The molecule has 29 heavy (non-hydrogen) atoms. The third-order valence-corrected chi connectivity index (χ3v) is 7.83. The average molecular weight is 419 g/mol. The Morgan fingerprint density at radius 3 is 2.52 bits per heavy atom. The number of rotatable bonds is 6. The summed E-state index contributed by atoms with van der Waals surface area (Å²) in [5, 5.41) is 2.74. The molecular weight excluding hydrogens is 392 g/mol. The maximum absolute atomic E-state index is 13.3. The van der Waals surface area contributed by atoms with Gasteiger partial charge in [0.05, 0.1) is 19.9 Å². The SMILES string of the molecule is COc1ccc(NC(=O)[C@@]2(C)CCCN(Cc3ccccc3)S2(=O)=O)c(OC)c1. The fourth-order valence-electron chi connectivity index (χ4n) is 3.46. The number of nitrogens with one attached hydrogen (secondary N) is 1. The van der Waals surface area contributed by atoms with E-state index >= 15 is 0 Å². The van der Waals surface area contributed by atoms with Crippen LogP contribution in [0.25, 0.3) is 0 Å². The van der Waals surface area contributed by atoms with Gasteiger partial charge in [-0.25, -0.2) is 8.42 Å². The molecule has 0 saturated carbocycles. The second kappa shape index (κ2) is 8.42. The monoisotopic (exact) mass is 418 g/mol. The van der Waals surface area contributed by atoms with Crippen molar-refractivity contribution in [3.8, 4) is 11.5 Å². The van der Waals surface area contributed by atoms with Crippen LogP contribution in [0.1, 0.15) is 25.3 Å². The number of carbonyl (C=O) groups excluding carboxylic acids is 1. The standard InChI is InChI=1S/C21H26N2O5S/c1-21(20(24)22-18-11-10-17(27-2)14-19(18)28-3)12-7-13-23(29(21,25)26)15-16-8-5-4-6-9-16/h4-6,8-11,14H,7,12-13,15H2,1-3H3,(H,22,24)/t21-/m1/s1. The number of ether oxygens (including phenoxy) is 2. The summed E-state index contributed by atoms with van der Waals surface area (Å²) < 4.78 is 37.0. The molecule has 1 heterocycles. The van der Waals surface area contributed by atoms with E-state index in [9.17, 15) is 13.2 Å². The molecule has 1 N–H and O–H groups in total. The lowest BCUT2D eigenvalue weighted by Gasteiger charge is -2.38. The Kier molecular flexibility index (Phi) is 6.14. The van der Waals surface area contributed by atoms with Crippen molar-refractivity contribution in [3.63, 3.8) is 0 Å². The van der Waals surface area contributed by atoms with Crippen molar-refractivity contribution in [2.24, 2.45) is 0 Å². The molecule has 0 spiro atoms. The van der Waals surface area contributed by atoms with Gasteiger partial charge in [0, 0.05) is 19.2 Å². The number of nitrogens with zero attached hydrogens (tertiary/aromatic N) is 1. The summed E-state index contributed by atoms with van der Waals surface area (Å²) in [5.74, 6) is 0.403. The molecule has 1 amide bonds. The van der Waals surface area contributed by atoms with E-state index in [0.717, 1.165) is 5.56 Å². The number of hydrogen-bond donors (Lipinski definition) is 1. The molecule has 3 rings (SSSR count). The first-order valence-corrected chi connectivity index (χ1v) is 10.8. The summed E-state index contributed by atoms with van der Waals surface area (Å²) in [6, 6.07) is 14.3. The van der Waals surface area contributed by atoms with Crippen molar-refractivity contribution in [2.45, 2.75) is 31.1 Å². The van der Waals surface area contributed by atoms with Crippen LogP contribution in [0.5, 0.6) is 11.5 Å². The third-order valence-electron chi connectivity index (χ3n) is 5.31. The third kappa shape index (κ3) is 4.09. The molecule has 0 unspecified atom stereocenters. The van der Waals surface area contributed by atoms with Gasteiger partial charge in [-0.2, -0.15) is 4.31 Å². The maximum Gasteiger partial charge on any atom is 0.247 e. The molecule has 1 saturated heterocycles. The fourth-order valence-corrected chi connectivity index (χ4v) is 5.41. The zero-order valence-corrected chi connectivity index (χ0v) is 17.7. The molecule has 0 radical (unpaired) electrons. The van der Waals surface area contributed by atoms with Gasteiger partial charge in [-0.15, -0.1) is 0 Å². The van der Waals surface area contributed by atoms with E-state index < -0.39 is 20.7 Å². The minimum absolute atomic E-state index is 0.248. The predicted octanol–water partition coefficient (Wildman–Crippen LogP) is 3.03. The number of carbonyl (C=O) groups is 1. The number of methoxy groups -OCH3 is 2. The van der Waals surface area contributed by atoms with Gasteiger partial charge >= 0.3 is 0 Å². The molecule has 0 aliphatic carbocycles. The number of benzene rings is 2. The Morgan fingerprint density at radius 1 is 1.14 bits per heavy atom. The van der Waals surface area contributed by atoms with Crippen LogP contribution in [0.2, 0.25) is 0 Å². The van der Waals surface area contributed by atoms with Crippen LogP contribution in [0.4, 0.5) is 5.69 Å². The molecule has 1 aliphatic heterocycles. The van der Waals surface area contributed by atoms with Crippen molar-refractivity contribution in [1.82, 2.24) is 4.31 Å². The van der Waals surface area contributed by atoms with Crippen LogP contribution in [-0.4, -0.2) is 44.1 Å². The molecule has 0 bridgehead atoms. The Hall–Kier alpha value is -2.58. The van der Waals surface area contributed by atoms with Gasteiger partial charge in [-0.05, 0) is 37.5 Å². The summed E-state index contributed by atoms with van der Waals surface area (Å²) >= 11 is 0. The minimum Gasteiger partial charge on any atom is -0.497 e. The highest BCUT2D eigenvalue weighted by Gasteiger charge is 2.51. The molecule has 7 nitrogen and oxygen atoms in total. The van der Waals surface area contributed by atoms with Crippen molar-refractivity contribution in [3.05, 3.63) is 54.1 Å². The molecule has 0 aromatic heterocycles. The Morgan fingerprint density at radius 2 is 1.86 bits per heavy atom. The summed E-state index contributed by atoms with van der Waals surface area (Å²) in [6.07, 6.45) is 0.862. The first kappa shape index (κ1) is 21.1. The van der Waals surface area contributed by atoms with Gasteiger partial charge in [0.25, 0.3) is 0 Å². The summed E-state index contributed by atoms with van der Waals surface area (Å²) in [4.78, 5) is 13.1. The average Bonchev–Trinajstić information content (AvgIpc) is 2.72. The maximum atomic E-state index is 13.3. The highest BCUT2D eigenvalue weighted by Crippen LogP contribution is 2.36. The smallest absolute Gasteiger partial charge is 0.247 e. The van der Waals surface area contributed by atoms with Crippen molar-refractivity contribution < 1.29 is 22.7 Å². The van der Waals surface area contributed by atoms with Crippen LogP contribution in [0, 0.1) is 0 Å². The van der Waals surface area contributed by atoms with Crippen LogP contribution in [-0.2, 0) is 21.4 Å². The summed E-state index contributed by atoms with van der Waals surface area (Å²) in [6.45, 7) is 2.13. The van der Waals surface area contributed by atoms with E-state index in [4.69, 9.17) is 9.47 Å². The second-order valence-corrected chi connectivity index (χ2v) is 9.55. The lowest BCUT2D eigenvalue weighted by Crippen LogP contribution is -2.56. The molecule has 156 valence electrons. The Balaban J connectivity index is 1.85. The summed E-state index contributed by atoms with van der Waals surface area (Å²) in [5.41, 5.74) is 1.28. The molecule has 1 aliphatic rings. The quantitative estimate of drug-likeness (QED) is 0.779. The van der Waals surface area contributed by atoms with Crippen LogP contribution >= 0.6 is 0 Å². The van der Waals surface area contributed by atoms with Gasteiger partial charge in [0.2, 0.25) is 15.9 Å². The number of sulfonamides is 1. The number of amides is 1. The number of hydrogen-bond acceptors (Lipinski definition) is 5. The first-order valence-electron chi connectivity index (χ1n) is 9.39. The van der Waals surface area contributed by atoms with Gasteiger partial charge in [-0.1, -0.05) is 30.3 Å². The summed E-state index contributed by atoms with van der Waals surface area (Å²) in [7, 11) is -0.849. The van der Waals surface area contributed by atoms with Crippen LogP contribution < -0.4 is 14.8 Å². The molecule has 1 fully saturated rings. The Labute approximate surface area is 171 Å². The van der Waals surface area contributed by atoms with Crippen LogP contribution in [0.15, 0.2) is 48.5 Å². The normalized spacial score (nSPS) is 21.3. The number of anilines is 1.